The fourth-order valence-electron chi connectivity index (χ4n) is 3.44. The Morgan fingerprint density at radius 2 is 1.94 bits per heavy atom. The first kappa shape index (κ1) is 24.2. The van der Waals surface area contributed by atoms with Crippen LogP contribution in [0.5, 0.6) is 5.75 Å². The predicted molar refractivity (Wildman–Crippen MR) is 134 cm³/mol. The molecule has 2 heterocycles. The molecular formula is C25H24ClFN6O2. The number of anilines is 3. The van der Waals surface area contributed by atoms with Gasteiger partial charge in [-0.05, 0) is 48.7 Å². The number of carbonyl (C=O) groups is 1. The SMILES string of the molecule is COc1ccccc1C(=O)Nc1ccc(F)c(Nc2ncc(Cl)c(-n3ccc(C(C)C)n3)n2)c1C. The molecule has 4 aromatic rings. The van der Waals surface area contributed by atoms with Gasteiger partial charge in [-0.1, -0.05) is 37.6 Å². The van der Waals surface area contributed by atoms with Crippen LogP contribution < -0.4 is 15.4 Å². The van der Waals surface area contributed by atoms with Crippen LogP contribution in [-0.2, 0) is 0 Å². The van der Waals surface area contributed by atoms with Crippen LogP contribution in [0, 0.1) is 12.7 Å². The van der Waals surface area contributed by atoms with Gasteiger partial charge in [0.1, 0.15) is 16.6 Å². The van der Waals surface area contributed by atoms with Crippen molar-refractivity contribution in [3.8, 4) is 11.6 Å². The number of ether oxygens (including phenoxy) is 1. The molecule has 180 valence electrons. The van der Waals surface area contributed by atoms with Crippen molar-refractivity contribution in [1.82, 2.24) is 19.7 Å². The highest BCUT2D eigenvalue weighted by Crippen LogP contribution is 2.30. The quantitative estimate of drug-likeness (QED) is 0.332. The number of benzene rings is 2. The number of methoxy groups -OCH3 is 1. The maximum Gasteiger partial charge on any atom is 0.259 e. The van der Waals surface area contributed by atoms with E-state index in [4.69, 9.17) is 16.3 Å². The molecule has 8 nitrogen and oxygen atoms in total. The minimum absolute atomic E-state index is 0.124. The topological polar surface area (TPSA) is 94.0 Å². The van der Waals surface area contributed by atoms with Crippen molar-refractivity contribution in [2.75, 3.05) is 17.7 Å². The predicted octanol–water partition coefficient (Wildman–Crippen LogP) is 5.89. The van der Waals surface area contributed by atoms with Crippen molar-refractivity contribution in [2.45, 2.75) is 26.7 Å². The van der Waals surface area contributed by atoms with Gasteiger partial charge in [0.25, 0.3) is 5.91 Å². The van der Waals surface area contributed by atoms with Crippen molar-refractivity contribution < 1.29 is 13.9 Å². The smallest absolute Gasteiger partial charge is 0.259 e. The molecule has 0 aliphatic rings. The average molecular weight is 495 g/mol. The molecule has 0 aliphatic heterocycles. The summed E-state index contributed by atoms with van der Waals surface area (Å²) in [5, 5.41) is 10.5. The molecule has 2 aromatic carbocycles. The molecule has 2 N–H and O–H groups in total. The Kier molecular flexibility index (Phi) is 6.97. The van der Waals surface area contributed by atoms with Gasteiger partial charge in [-0.3, -0.25) is 4.79 Å². The zero-order valence-corrected chi connectivity index (χ0v) is 20.4. The summed E-state index contributed by atoms with van der Waals surface area (Å²) >= 11 is 6.31. The van der Waals surface area contributed by atoms with Crippen molar-refractivity contribution in [3.63, 3.8) is 0 Å². The normalized spacial score (nSPS) is 10.9. The number of carbonyl (C=O) groups excluding carboxylic acids is 1. The van der Waals surface area contributed by atoms with Crippen molar-refractivity contribution >= 4 is 34.8 Å². The van der Waals surface area contributed by atoms with Crippen molar-refractivity contribution in [1.29, 1.82) is 0 Å². The second-order valence-corrected chi connectivity index (χ2v) is 8.49. The van der Waals surface area contributed by atoms with Crippen LogP contribution in [0.25, 0.3) is 5.82 Å². The lowest BCUT2D eigenvalue weighted by atomic mass is 10.1. The highest BCUT2D eigenvalue weighted by atomic mass is 35.5. The third-order valence-corrected chi connectivity index (χ3v) is 5.66. The lowest BCUT2D eigenvalue weighted by Crippen LogP contribution is -2.15. The van der Waals surface area contributed by atoms with Crippen LogP contribution in [0.4, 0.5) is 21.7 Å². The Bertz CT molecular complexity index is 1390. The van der Waals surface area contributed by atoms with E-state index in [0.717, 1.165) is 5.69 Å². The molecule has 0 atom stereocenters. The third kappa shape index (κ3) is 5.09. The number of aromatic nitrogens is 4. The van der Waals surface area contributed by atoms with Crippen LogP contribution in [0.3, 0.4) is 0 Å². The molecule has 0 bridgehead atoms. The summed E-state index contributed by atoms with van der Waals surface area (Å²) in [6, 6.07) is 11.5. The van der Waals surface area contributed by atoms with Gasteiger partial charge in [-0.25, -0.2) is 14.1 Å². The molecule has 10 heteroatoms. The second kappa shape index (κ2) is 10.1. The Hall–Kier alpha value is -3.98. The monoisotopic (exact) mass is 494 g/mol. The molecule has 0 unspecified atom stereocenters. The van der Waals surface area contributed by atoms with E-state index in [1.54, 1.807) is 42.1 Å². The number of halogens is 2. The van der Waals surface area contributed by atoms with E-state index in [-0.39, 0.29) is 23.5 Å². The van der Waals surface area contributed by atoms with E-state index < -0.39 is 5.82 Å². The number of nitrogens with one attached hydrogen (secondary N) is 2. The standard InChI is InChI=1S/C25H24ClFN6O2/c1-14(2)19-11-12-33(32-19)23-17(26)13-28-25(31-23)30-22-15(3)20(10-9-18(22)27)29-24(34)16-7-5-6-8-21(16)35-4/h5-14H,1-4H3,(H,29,34)(H,28,30,31). The highest BCUT2D eigenvalue weighted by molar-refractivity contribution is 6.32. The minimum Gasteiger partial charge on any atom is -0.496 e. The van der Waals surface area contributed by atoms with Crippen LogP contribution in [0.2, 0.25) is 5.02 Å². The maximum atomic E-state index is 14.8. The van der Waals surface area contributed by atoms with Gasteiger partial charge < -0.3 is 15.4 Å². The van der Waals surface area contributed by atoms with E-state index in [1.807, 2.05) is 19.9 Å². The van der Waals surface area contributed by atoms with E-state index in [9.17, 15) is 9.18 Å². The summed E-state index contributed by atoms with van der Waals surface area (Å²) in [4.78, 5) is 21.4. The molecule has 35 heavy (non-hydrogen) atoms. The zero-order chi connectivity index (χ0) is 25.1. The Morgan fingerprint density at radius 1 is 1.17 bits per heavy atom. The van der Waals surface area contributed by atoms with Gasteiger partial charge in [0.2, 0.25) is 5.95 Å². The lowest BCUT2D eigenvalue weighted by Gasteiger charge is -2.16. The number of nitrogens with zero attached hydrogens (tertiary/aromatic N) is 4. The van der Waals surface area contributed by atoms with Gasteiger partial charge >= 0.3 is 0 Å². The summed E-state index contributed by atoms with van der Waals surface area (Å²) in [7, 11) is 1.49. The first-order valence-electron chi connectivity index (χ1n) is 10.9. The summed E-state index contributed by atoms with van der Waals surface area (Å²) in [6.45, 7) is 5.75. The molecule has 2 aromatic heterocycles. The number of amides is 1. The van der Waals surface area contributed by atoms with Gasteiger partial charge in [0.05, 0.1) is 30.3 Å². The van der Waals surface area contributed by atoms with Crippen LogP contribution in [0.1, 0.15) is 41.4 Å². The molecule has 4 rings (SSSR count). The second-order valence-electron chi connectivity index (χ2n) is 8.08. The summed E-state index contributed by atoms with van der Waals surface area (Å²) in [5.41, 5.74) is 2.26. The molecule has 0 radical (unpaired) electrons. The number of rotatable bonds is 7. The highest BCUT2D eigenvalue weighted by Gasteiger charge is 2.18. The van der Waals surface area contributed by atoms with Crippen LogP contribution >= 0.6 is 11.6 Å². The molecular weight excluding hydrogens is 471 g/mol. The van der Waals surface area contributed by atoms with Crippen LogP contribution in [-0.4, -0.2) is 32.8 Å². The van der Waals surface area contributed by atoms with Crippen molar-refractivity contribution in [3.05, 3.63) is 82.5 Å². The number of hydrogen-bond acceptors (Lipinski definition) is 6. The van der Waals surface area contributed by atoms with E-state index in [2.05, 4.69) is 25.7 Å². The van der Waals surface area contributed by atoms with E-state index >= 15 is 0 Å². The minimum atomic E-state index is -0.529. The Balaban J connectivity index is 1.63. The molecule has 0 aliphatic carbocycles. The van der Waals surface area contributed by atoms with Gasteiger partial charge in [0.15, 0.2) is 5.82 Å². The number of hydrogen-bond donors (Lipinski definition) is 2. The maximum absolute atomic E-state index is 14.8. The average Bonchev–Trinajstić information content (AvgIpc) is 3.35. The Labute approximate surface area is 207 Å². The van der Waals surface area contributed by atoms with Gasteiger partial charge in [0, 0.05) is 11.9 Å². The molecule has 0 spiro atoms. The first-order valence-corrected chi connectivity index (χ1v) is 11.2. The summed E-state index contributed by atoms with van der Waals surface area (Å²) in [6.07, 6.45) is 3.18. The van der Waals surface area contributed by atoms with Gasteiger partial charge in [-0.15, -0.1) is 0 Å². The fraction of sp³-hybridized carbons (Fsp3) is 0.200. The summed E-state index contributed by atoms with van der Waals surface area (Å²) in [5.74, 6) is 0.243. The number of para-hydroxylation sites is 1. The van der Waals surface area contributed by atoms with E-state index in [1.165, 1.54) is 25.4 Å². The lowest BCUT2D eigenvalue weighted by molar-refractivity contribution is 0.102. The fourth-order valence-corrected chi connectivity index (χ4v) is 3.62. The van der Waals surface area contributed by atoms with Crippen LogP contribution in [0.15, 0.2) is 54.9 Å². The first-order chi connectivity index (χ1) is 16.8. The largest absolute Gasteiger partial charge is 0.496 e. The zero-order valence-electron chi connectivity index (χ0n) is 19.6. The molecule has 0 fully saturated rings. The molecule has 0 saturated heterocycles. The van der Waals surface area contributed by atoms with Crippen molar-refractivity contribution in [2.24, 2.45) is 0 Å². The summed E-state index contributed by atoms with van der Waals surface area (Å²) < 4.78 is 21.6. The van der Waals surface area contributed by atoms with E-state index in [0.29, 0.717) is 33.4 Å². The third-order valence-electron chi connectivity index (χ3n) is 5.39. The van der Waals surface area contributed by atoms with Gasteiger partial charge in [-0.2, -0.15) is 10.1 Å². The molecule has 0 saturated carbocycles. The molecule has 1 amide bonds. The Morgan fingerprint density at radius 3 is 2.66 bits per heavy atom.